The number of alkyl halides is 3. The van der Waals surface area contributed by atoms with Gasteiger partial charge < -0.3 is 19.3 Å². The van der Waals surface area contributed by atoms with Crippen LogP contribution in [-0.4, -0.2) is 86.5 Å². The minimum atomic E-state index is -4.78. The molecular weight excluding hydrogens is 489 g/mol. The minimum Gasteiger partial charge on any atom is -0.406 e. The largest absolute Gasteiger partial charge is 0.573 e. The fourth-order valence-electron chi connectivity index (χ4n) is 4.55. The van der Waals surface area contributed by atoms with Crippen LogP contribution in [0.4, 0.5) is 18.0 Å². The fraction of sp³-hybridized carbons (Fsp3) is 0.545. The van der Waals surface area contributed by atoms with Gasteiger partial charge in [0.15, 0.2) is 9.84 Å². The summed E-state index contributed by atoms with van der Waals surface area (Å²) in [4.78, 5) is 16.7. The van der Waals surface area contributed by atoms with E-state index in [4.69, 9.17) is 4.74 Å². The second kappa shape index (κ2) is 10.1. The summed E-state index contributed by atoms with van der Waals surface area (Å²) < 4.78 is 70.2. The van der Waals surface area contributed by atoms with E-state index in [1.165, 1.54) is 12.1 Å². The SMILES string of the molecule is CS(=O)(=O)Cc1cc(C2CC(c3ccc(OC(F)(F)F)cc3)CN(C(=O)N3CCOCC3)C2)n[nH]1. The van der Waals surface area contributed by atoms with Gasteiger partial charge in [-0.15, -0.1) is 13.2 Å². The van der Waals surface area contributed by atoms with Gasteiger partial charge in [0.25, 0.3) is 0 Å². The third-order valence-corrected chi connectivity index (χ3v) is 6.91. The van der Waals surface area contributed by atoms with E-state index in [1.54, 1.807) is 28.0 Å². The molecule has 1 aromatic carbocycles. The summed E-state index contributed by atoms with van der Waals surface area (Å²) in [5, 5.41) is 7.08. The molecule has 0 spiro atoms. The van der Waals surface area contributed by atoms with E-state index in [0.717, 1.165) is 11.8 Å². The molecule has 3 heterocycles. The number of hydrogen-bond acceptors (Lipinski definition) is 6. The standard InChI is InChI=1S/C22H27F3N4O5S/c1-35(31,32)14-18-11-20(27-26-18)17-10-16(15-2-4-19(5-3-15)34-22(23,24)25)12-29(13-17)21(30)28-6-8-33-9-7-28/h2-5,11,16-17H,6-10,12-14H2,1H3,(H,26,27). The van der Waals surface area contributed by atoms with Gasteiger partial charge in [-0.1, -0.05) is 12.1 Å². The summed E-state index contributed by atoms with van der Waals surface area (Å²) in [6.07, 6.45) is -3.04. The van der Waals surface area contributed by atoms with E-state index in [9.17, 15) is 26.4 Å². The Bertz CT molecular complexity index is 1130. The molecule has 2 unspecified atom stereocenters. The predicted octanol–water partition coefficient (Wildman–Crippen LogP) is 2.88. The first-order valence-electron chi connectivity index (χ1n) is 11.2. The Labute approximate surface area is 201 Å². The Kier molecular flexibility index (Phi) is 7.27. The molecule has 192 valence electrons. The molecule has 4 rings (SSSR count). The third-order valence-electron chi connectivity index (χ3n) is 6.07. The highest BCUT2D eigenvalue weighted by Crippen LogP contribution is 2.37. The van der Waals surface area contributed by atoms with Crippen molar-refractivity contribution >= 4 is 15.9 Å². The van der Waals surface area contributed by atoms with Crippen molar-refractivity contribution in [3.05, 3.63) is 47.3 Å². The number of rotatable bonds is 5. The lowest BCUT2D eigenvalue weighted by atomic mass is 9.83. The van der Waals surface area contributed by atoms with E-state index in [1.807, 2.05) is 0 Å². The molecule has 1 N–H and O–H groups in total. The molecule has 0 saturated carbocycles. The summed E-state index contributed by atoms with van der Waals surface area (Å²) in [6, 6.07) is 7.24. The number of likely N-dealkylation sites (tertiary alicyclic amines) is 1. The predicted molar refractivity (Wildman–Crippen MR) is 120 cm³/mol. The number of morpholine rings is 1. The number of nitrogens with zero attached hydrogens (tertiary/aromatic N) is 3. The number of ether oxygens (including phenoxy) is 2. The zero-order valence-electron chi connectivity index (χ0n) is 19.1. The van der Waals surface area contributed by atoms with Crippen molar-refractivity contribution in [1.29, 1.82) is 0 Å². The molecule has 0 bridgehead atoms. The van der Waals surface area contributed by atoms with Crippen molar-refractivity contribution in [3.8, 4) is 5.75 Å². The lowest BCUT2D eigenvalue weighted by molar-refractivity contribution is -0.274. The molecule has 2 fully saturated rings. The van der Waals surface area contributed by atoms with Crippen LogP contribution in [0.2, 0.25) is 0 Å². The lowest BCUT2D eigenvalue weighted by Gasteiger charge is -2.40. The number of urea groups is 1. The molecule has 2 amide bonds. The van der Waals surface area contributed by atoms with Gasteiger partial charge in [-0.05, 0) is 30.2 Å². The molecule has 13 heteroatoms. The zero-order chi connectivity index (χ0) is 25.2. The summed E-state index contributed by atoms with van der Waals surface area (Å²) in [7, 11) is -3.25. The minimum absolute atomic E-state index is 0.132. The topological polar surface area (TPSA) is 105 Å². The van der Waals surface area contributed by atoms with Crippen LogP contribution in [0.1, 0.15) is 35.2 Å². The monoisotopic (exact) mass is 516 g/mol. The zero-order valence-corrected chi connectivity index (χ0v) is 19.9. The van der Waals surface area contributed by atoms with Crippen molar-refractivity contribution in [2.75, 3.05) is 45.6 Å². The van der Waals surface area contributed by atoms with Crippen LogP contribution in [-0.2, 0) is 20.3 Å². The van der Waals surface area contributed by atoms with Crippen LogP contribution < -0.4 is 4.74 Å². The number of aromatic amines is 1. The maximum Gasteiger partial charge on any atom is 0.573 e. The number of aromatic nitrogens is 2. The van der Waals surface area contributed by atoms with Gasteiger partial charge in [0, 0.05) is 44.3 Å². The summed E-state index contributed by atoms with van der Waals surface area (Å²) in [5.74, 6) is -0.830. The van der Waals surface area contributed by atoms with Crippen LogP contribution >= 0.6 is 0 Å². The Morgan fingerprint density at radius 2 is 1.80 bits per heavy atom. The number of piperidine rings is 1. The second-order valence-electron chi connectivity index (χ2n) is 8.92. The summed E-state index contributed by atoms with van der Waals surface area (Å²) in [6.45, 7) is 2.67. The third kappa shape index (κ3) is 6.88. The van der Waals surface area contributed by atoms with Gasteiger partial charge >= 0.3 is 12.4 Å². The van der Waals surface area contributed by atoms with Crippen LogP contribution in [0.3, 0.4) is 0 Å². The molecule has 1 aromatic heterocycles. The van der Waals surface area contributed by atoms with E-state index < -0.39 is 16.2 Å². The molecule has 2 aromatic rings. The highest BCUT2D eigenvalue weighted by atomic mass is 32.2. The molecule has 2 aliphatic rings. The molecule has 2 saturated heterocycles. The van der Waals surface area contributed by atoms with E-state index in [0.29, 0.717) is 57.2 Å². The Balaban J connectivity index is 1.56. The first-order chi connectivity index (χ1) is 16.5. The Morgan fingerprint density at radius 1 is 1.14 bits per heavy atom. The number of amides is 2. The van der Waals surface area contributed by atoms with Crippen molar-refractivity contribution in [2.45, 2.75) is 30.4 Å². The number of H-pyrrole nitrogens is 1. The van der Waals surface area contributed by atoms with Gasteiger partial charge in [0.2, 0.25) is 0 Å². The Hall–Kier alpha value is -2.80. The van der Waals surface area contributed by atoms with Gasteiger partial charge in [-0.25, -0.2) is 13.2 Å². The first kappa shape index (κ1) is 25.3. The second-order valence-corrected chi connectivity index (χ2v) is 11.1. The van der Waals surface area contributed by atoms with Crippen LogP contribution in [0, 0.1) is 0 Å². The molecule has 0 aliphatic carbocycles. The van der Waals surface area contributed by atoms with Crippen molar-refractivity contribution in [1.82, 2.24) is 20.0 Å². The normalized spacial score (nSPS) is 21.7. The van der Waals surface area contributed by atoms with Crippen LogP contribution in [0.5, 0.6) is 5.75 Å². The first-order valence-corrected chi connectivity index (χ1v) is 13.2. The molecular formula is C22H27F3N4O5S. The van der Waals surface area contributed by atoms with Gasteiger partial charge in [0.05, 0.1) is 30.4 Å². The number of carbonyl (C=O) groups is 1. The molecule has 2 atom stereocenters. The number of benzene rings is 1. The van der Waals surface area contributed by atoms with Crippen molar-refractivity contribution in [3.63, 3.8) is 0 Å². The summed E-state index contributed by atoms with van der Waals surface area (Å²) >= 11 is 0. The van der Waals surface area contributed by atoms with Crippen LogP contribution in [0.15, 0.2) is 30.3 Å². The lowest BCUT2D eigenvalue weighted by Crippen LogP contribution is -2.52. The van der Waals surface area contributed by atoms with Crippen molar-refractivity contribution in [2.24, 2.45) is 0 Å². The maximum atomic E-state index is 13.3. The highest BCUT2D eigenvalue weighted by molar-refractivity contribution is 7.89. The van der Waals surface area contributed by atoms with E-state index >= 15 is 0 Å². The van der Waals surface area contributed by atoms with Gasteiger partial charge in [-0.3, -0.25) is 5.10 Å². The maximum absolute atomic E-state index is 13.3. The average molecular weight is 517 g/mol. The number of sulfone groups is 1. The van der Waals surface area contributed by atoms with Gasteiger partial charge in [-0.2, -0.15) is 5.10 Å². The Morgan fingerprint density at radius 3 is 2.43 bits per heavy atom. The number of nitrogens with one attached hydrogen (secondary N) is 1. The average Bonchev–Trinajstić information content (AvgIpc) is 3.25. The molecule has 0 radical (unpaired) electrons. The summed E-state index contributed by atoms with van der Waals surface area (Å²) in [5.41, 5.74) is 1.88. The highest BCUT2D eigenvalue weighted by Gasteiger charge is 2.36. The molecule has 2 aliphatic heterocycles. The molecule has 35 heavy (non-hydrogen) atoms. The van der Waals surface area contributed by atoms with Crippen LogP contribution in [0.25, 0.3) is 0 Å². The quantitative estimate of drug-likeness (QED) is 0.656. The van der Waals surface area contributed by atoms with Crippen molar-refractivity contribution < 1.29 is 35.9 Å². The number of halogens is 3. The fourth-order valence-corrected chi connectivity index (χ4v) is 5.27. The van der Waals surface area contributed by atoms with Gasteiger partial charge in [0.1, 0.15) is 5.75 Å². The number of carbonyl (C=O) groups excluding carboxylic acids is 1. The molecule has 9 nitrogen and oxygen atoms in total. The number of hydrogen-bond donors (Lipinski definition) is 1. The smallest absolute Gasteiger partial charge is 0.406 e. The van der Waals surface area contributed by atoms with E-state index in [2.05, 4.69) is 14.9 Å². The van der Waals surface area contributed by atoms with E-state index in [-0.39, 0.29) is 29.4 Å².